The quantitative estimate of drug-likeness (QED) is 0.683. The van der Waals surface area contributed by atoms with Crippen molar-refractivity contribution in [2.24, 2.45) is 0 Å². The van der Waals surface area contributed by atoms with E-state index in [-0.39, 0.29) is 6.10 Å². The summed E-state index contributed by atoms with van der Waals surface area (Å²) >= 11 is 0. The molecule has 2 nitrogen and oxygen atoms in total. The van der Waals surface area contributed by atoms with E-state index in [1.54, 1.807) is 0 Å². The summed E-state index contributed by atoms with van der Waals surface area (Å²) in [6.45, 7) is 0. The maximum Gasteiger partial charge on any atom is 0.0546 e. The molecule has 1 heterocycles. The van der Waals surface area contributed by atoms with Crippen LogP contribution in [0.4, 0.5) is 0 Å². The predicted molar refractivity (Wildman–Crippen MR) is 46.8 cm³/mol. The fourth-order valence-corrected chi connectivity index (χ4v) is 1.90. The van der Waals surface area contributed by atoms with Crippen molar-refractivity contribution >= 4 is 0 Å². The van der Waals surface area contributed by atoms with Gasteiger partial charge in [-0.25, -0.2) is 0 Å². The molecule has 2 rings (SSSR count). The second-order valence-electron chi connectivity index (χ2n) is 3.44. The minimum absolute atomic E-state index is 0.0804. The third-order valence-corrected chi connectivity index (χ3v) is 2.58. The van der Waals surface area contributed by atoms with Crippen LogP contribution in [0.1, 0.15) is 30.7 Å². The molecule has 2 atom stereocenters. The summed E-state index contributed by atoms with van der Waals surface area (Å²) in [6.07, 6.45) is 6.55. The fraction of sp³-hybridized carbons (Fsp3) is 0.500. The van der Waals surface area contributed by atoms with E-state index in [4.69, 9.17) is 0 Å². The molecule has 12 heavy (non-hydrogen) atoms. The Hall–Kier alpha value is -0.890. The van der Waals surface area contributed by atoms with Gasteiger partial charge >= 0.3 is 0 Å². The van der Waals surface area contributed by atoms with Gasteiger partial charge in [-0.3, -0.25) is 4.98 Å². The van der Waals surface area contributed by atoms with Gasteiger partial charge in [0, 0.05) is 12.4 Å². The number of aromatic nitrogens is 1. The minimum Gasteiger partial charge on any atom is -0.393 e. The number of aliphatic hydroxyl groups excluding tert-OH is 1. The fourth-order valence-electron chi connectivity index (χ4n) is 1.90. The maximum absolute atomic E-state index is 9.35. The highest BCUT2D eigenvalue weighted by Crippen LogP contribution is 2.33. The first-order valence-electron chi connectivity index (χ1n) is 4.44. The Morgan fingerprint density at radius 3 is 2.58 bits per heavy atom. The molecule has 1 aliphatic rings. The number of hydrogen-bond donors (Lipinski definition) is 1. The second kappa shape index (κ2) is 3.23. The van der Waals surface area contributed by atoms with Gasteiger partial charge in [-0.1, -0.05) is 0 Å². The molecule has 1 aliphatic carbocycles. The number of pyridine rings is 1. The number of rotatable bonds is 1. The molecule has 1 saturated carbocycles. The first kappa shape index (κ1) is 7.74. The highest BCUT2D eigenvalue weighted by molar-refractivity contribution is 5.17. The lowest BCUT2D eigenvalue weighted by molar-refractivity contribution is 0.181. The number of nitrogens with zero attached hydrogens (tertiary/aromatic N) is 1. The SMILES string of the molecule is OC1CCC(c2ccncc2)C1. The summed E-state index contributed by atoms with van der Waals surface area (Å²) in [5, 5.41) is 9.35. The van der Waals surface area contributed by atoms with Crippen molar-refractivity contribution in [3.05, 3.63) is 30.1 Å². The lowest BCUT2D eigenvalue weighted by Crippen LogP contribution is -1.99. The van der Waals surface area contributed by atoms with Crippen LogP contribution in [0.3, 0.4) is 0 Å². The second-order valence-corrected chi connectivity index (χ2v) is 3.44. The zero-order valence-corrected chi connectivity index (χ0v) is 6.98. The lowest BCUT2D eigenvalue weighted by atomic mass is 9.99. The Balaban J connectivity index is 2.11. The number of aliphatic hydroxyl groups is 1. The molecule has 0 radical (unpaired) electrons. The van der Waals surface area contributed by atoms with Crippen LogP contribution < -0.4 is 0 Å². The van der Waals surface area contributed by atoms with Crippen LogP contribution in [0.2, 0.25) is 0 Å². The molecule has 0 amide bonds. The molecule has 0 aromatic carbocycles. The number of hydrogen-bond acceptors (Lipinski definition) is 2. The van der Waals surface area contributed by atoms with Crippen molar-refractivity contribution in [3.8, 4) is 0 Å². The van der Waals surface area contributed by atoms with Gasteiger partial charge in [-0.2, -0.15) is 0 Å². The van der Waals surface area contributed by atoms with Crippen LogP contribution in [-0.4, -0.2) is 16.2 Å². The van der Waals surface area contributed by atoms with Gasteiger partial charge in [0.1, 0.15) is 0 Å². The van der Waals surface area contributed by atoms with Gasteiger partial charge in [0.15, 0.2) is 0 Å². The van der Waals surface area contributed by atoms with Gasteiger partial charge in [0.2, 0.25) is 0 Å². The molecule has 64 valence electrons. The Labute approximate surface area is 72.3 Å². The Morgan fingerprint density at radius 2 is 2.00 bits per heavy atom. The Kier molecular flexibility index (Phi) is 2.09. The summed E-state index contributed by atoms with van der Waals surface area (Å²) < 4.78 is 0. The molecule has 1 N–H and O–H groups in total. The monoisotopic (exact) mass is 163 g/mol. The van der Waals surface area contributed by atoms with Crippen LogP contribution >= 0.6 is 0 Å². The summed E-state index contributed by atoms with van der Waals surface area (Å²) in [5.74, 6) is 0.558. The van der Waals surface area contributed by atoms with Crippen molar-refractivity contribution in [1.82, 2.24) is 4.98 Å². The van der Waals surface area contributed by atoms with E-state index in [9.17, 15) is 5.11 Å². The van der Waals surface area contributed by atoms with Gasteiger partial charge in [-0.15, -0.1) is 0 Å². The van der Waals surface area contributed by atoms with Gasteiger partial charge < -0.3 is 5.11 Å². The molecular weight excluding hydrogens is 150 g/mol. The standard InChI is InChI=1S/C10H13NO/c12-10-2-1-9(7-10)8-3-5-11-6-4-8/h3-6,9-10,12H,1-2,7H2. The normalized spacial score (nSPS) is 29.1. The molecule has 2 unspecified atom stereocenters. The Bertz CT molecular complexity index is 247. The molecule has 0 spiro atoms. The lowest BCUT2D eigenvalue weighted by Gasteiger charge is -2.07. The summed E-state index contributed by atoms with van der Waals surface area (Å²) in [6, 6.07) is 4.09. The molecule has 2 heteroatoms. The molecule has 1 aromatic rings. The zero-order chi connectivity index (χ0) is 8.39. The highest BCUT2D eigenvalue weighted by Gasteiger charge is 2.23. The molecule has 1 aromatic heterocycles. The van der Waals surface area contributed by atoms with Crippen molar-refractivity contribution < 1.29 is 5.11 Å². The molecule has 0 bridgehead atoms. The van der Waals surface area contributed by atoms with Crippen LogP contribution in [0.5, 0.6) is 0 Å². The van der Waals surface area contributed by atoms with Crippen molar-refractivity contribution in [2.75, 3.05) is 0 Å². The van der Waals surface area contributed by atoms with E-state index in [2.05, 4.69) is 4.98 Å². The summed E-state index contributed by atoms with van der Waals surface area (Å²) in [7, 11) is 0. The molecular formula is C10H13NO. The molecule has 1 fully saturated rings. The van der Waals surface area contributed by atoms with Crippen molar-refractivity contribution in [2.45, 2.75) is 31.3 Å². The average Bonchev–Trinajstić information content (AvgIpc) is 2.54. The average molecular weight is 163 g/mol. The van der Waals surface area contributed by atoms with E-state index in [0.717, 1.165) is 19.3 Å². The third kappa shape index (κ3) is 1.48. The van der Waals surface area contributed by atoms with Crippen LogP contribution in [-0.2, 0) is 0 Å². The predicted octanol–water partition coefficient (Wildman–Crippen LogP) is 1.71. The summed E-state index contributed by atoms with van der Waals surface area (Å²) in [4.78, 5) is 3.97. The van der Waals surface area contributed by atoms with E-state index in [1.807, 2.05) is 24.5 Å². The van der Waals surface area contributed by atoms with E-state index >= 15 is 0 Å². The Morgan fingerprint density at radius 1 is 1.25 bits per heavy atom. The van der Waals surface area contributed by atoms with Crippen LogP contribution in [0, 0.1) is 0 Å². The van der Waals surface area contributed by atoms with E-state index in [1.165, 1.54) is 5.56 Å². The topological polar surface area (TPSA) is 33.1 Å². The smallest absolute Gasteiger partial charge is 0.0546 e. The van der Waals surface area contributed by atoms with Crippen molar-refractivity contribution in [1.29, 1.82) is 0 Å². The van der Waals surface area contributed by atoms with Crippen LogP contribution in [0.25, 0.3) is 0 Å². The molecule has 0 saturated heterocycles. The first-order valence-corrected chi connectivity index (χ1v) is 4.44. The van der Waals surface area contributed by atoms with E-state index < -0.39 is 0 Å². The summed E-state index contributed by atoms with van der Waals surface area (Å²) in [5.41, 5.74) is 1.32. The first-order chi connectivity index (χ1) is 5.86. The highest BCUT2D eigenvalue weighted by atomic mass is 16.3. The third-order valence-electron chi connectivity index (χ3n) is 2.58. The van der Waals surface area contributed by atoms with Gasteiger partial charge in [0.05, 0.1) is 6.10 Å². The van der Waals surface area contributed by atoms with E-state index in [0.29, 0.717) is 5.92 Å². The minimum atomic E-state index is -0.0804. The van der Waals surface area contributed by atoms with Crippen LogP contribution in [0.15, 0.2) is 24.5 Å². The van der Waals surface area contributed by atoms with Gasteiger partial charge in [0.25, 0.3) is 0 Å². The zero-order valence-electron chi connectivity index (χ0n) is 6.98. The molecule has 0 aliphatic heterocycles. The van der Waals surface area contributed by atoms with Gasteiger partial charge in [-0.05, 0) is 42.9 Å². The van der Waals surface area contributed by atoms with Crippen molar-refractivity contribution in [3.63, 3.8) is 0 Å². The maximum atomic E-state index is 9.35. The largest absolute Gasteiger partial charge is 0.393 e.